The molecule has 10 nitrogen and oxygen atoms in total. The number of amides is 1. The molecule has 46 heavy (non-hydrogen) atoms. The Hall–Kier alpha value is -4.34. The third-order valence-corrected chi connectivity index (χ3v) is 9.12. The molecule has 10 heteroatoms. The van der Waals surface area contributed by atoms with Crippen LogP contribution in [0.2, 0.25) is 0 Å². The lowest BCUT2D eigenvalue weighted by molar-refractivity contribution is 0.0523. The minimum absolute atomic E-state index is 0.280. The molecule has 3 heterocycles. The number of esters is 1. The molecular weight excluding hydrogens is 584 g/mol. The molecule has 2 aliphatic heterocycles. The fourth-order valence-electron chi connectivity index (χ4n) is 6.74. The maximum absolute atomic E-state index is 13.4. The van der Waals surface area contributed by atoms with Crippen molar-refractivity contribution in [1.82, 2.24) is 9.97 Å². The molecule has 3 aromatic rings. The standard InChI is InChI=1S/C36H44N4O6/c1-6-44-32(41)25-13-16-28-30(21-25)40(34(42)46-35(2,3)4)23-36(28)17-19-39(20-18-36)33-37-29-10-8-7-9-27(29)31(38-33)45-22-24-11-14-26(43-5)15-12-24/h11-16,21H,6-10,17-20,22-23H2,1-5H3. The molecule has 244 valence electrons. The van der Waals surface area contributed by atoms with Gasteiger partial charge in [-0.05, 0) is 102 Å². The Balaban J connectivity index is 1.24. The second-order valence-corrected chi connectivity index (χ2v) is 13.4. The van der Waals surface area contributed by atoms with Gasteiger partial charge in [0.15, 0.2) is 0 Å². The zero-order valence-electron chi connectivity index (χ0n) is 27.6. The van der Waals surface area contributed by atoms with E-state index in [1.165, 1.54) is 0 Å². The smallest absolute Gasteiger partial charge is 0.414 e. The molecule has 1 spiro atoms. The summed E-state index contributed by atoms with van der Waals surface area (Å²) in [6.45, 7) is 9.99. The summed E-state index contributed by atoms with van der Waals surface area (Å²) in [6, 6.07) is 13.5. The van der Waals surface area contributed by atoms with Gasteiger partial charge in [0.1, 0.15) is 18.0 Å². The van der Waals surface area contributed by atoms with E-state index >= 15 is 0 Å². The molecule has 1 aromatic heterocycles. The Morgan fingerprint density at radius 1 is 0.978 bits per heavy atom. The summed E-state index contributed by atoms with van der Waals surface area (Å²) in [5.41, 5.74) is 4.51. The van der Waals surface area contributed by atoms with Gasteiger partial charge in [-0.2, -0.15) is 4.98 Å². The van der Waals surface area contributed by atoms with Gasteiger partial charge in [0, 0.05) is 30.6 Å². The van der Waals surface area contributed by atoms with Gasteiger partial charge in [0.2, 0.25) is 11.8 Å². The third-order valence-electron chi connectivity index (χ3n) is 9.12. The summed E-state index contributed by atoms with van der Waals surface area (Å²) >= 11 is 0. The van der Waals surface area contributed by atoms with Crippen LogP contribution >= 0.6 is 0 Å². The van der Waals surface area contributed by atoms with Crippen molar-refractivity contribution in [3.8, 4) is 11.6 Å². The van der Waals surface area contributed by atoms with Gasteiger partial charge in [-0.25, -0.2) is 14.6 Å². The van der Waals surface area contributed by atoms with Crippen molar-refractivity contribution >= 4 is 23.7 Å². The van der Waals surface area contributed by atoms with Crippen molar-refractivity contribution in [3.63, 3.8) is 0 Å². The number of aryl methyl sites for hydroxylation is 1. The van der Waals surface area contributed by atoms with E-state index in [0.717, 1.165) is 79.7 Å². The zero-order chi connectivity index (χ0) is 32.5. The number of benzene rings is 2. The number of ether oxygens (including phenoxy) is 4. The largest absolute Gasteiger partial charge is 0.497 e. The van der Waals surface area contributed by atoms with Crippen LogP contribution in [0.1, 0.15) is 86.1 Å². The maximum Gasteiger partial charge on any atom is 0.414 e. The van der Waals surface area contributed by atoms with Crippen LogP contribution in [0.3, 0.4) is 0 Å². The molecule has 1 aliphatic carbocycles. The lowest BCUT2D eigenvalue weighted by atomic mass is 9.74. The number of carbonyl (C=O) groups is 2. The number of methoxy groups -OCH3 is 1. The van der Waals surface area contributed by atoms with E-state index in [0.29, 0.717) is 36.2 Å². The molecular formula is C36H44N4O6. The molecule has 0 bridgehead atoms. The number of anilines is 2. The van der Waals surface area contributed by atoms with Crippen molar-refractivity contribution in [1.29, 1.82) is 0 Å². The maximum atomic E-state index is 13.4. The lowest BCUT2D eigenvalue weighted by Gasteiger charge is -2.40. The topological polar surface area (TPSA) is 103 Å². The monoisotopic (exact) mass is 628 g/mol. The predicted octanol–water partition coefficient (Wildman–Crippen LogP) is 6.41. The van der Waals surface area contributed by atoms with E-state index in [-0.39, 0.29) is 12.0 Å². The van der Waals surface area contributed by atoms with Crippen LogP contribution in [0.4, 0.5) is 16.4 Å². The normalized spacial score (nSPS) is 16.9. The van der Waals surface area contributed by atoms with Gasteiger partial charge in [-0.1, -0.05) is 18.2 Å². The number of carbonyl (C=O) groups excluding carboxylic acids is 2. The van der Waals surface area contributed by atoms with Crippen molar-refractivity contribution < 1.29 is 28.5 Å². The summed E-state index contributed by atoms with van der Waals surface area (Å²) in [6.07, 6.45) is 5.22. The van der Waals surface area contributed by atoms with E-state index in [4.69, 9.17) is 28.9 Å². The number of hydrogen-bond donors (Lipinski definition) is 0. The average molecular weight is 629 g/mol. The first-order chi connectivity index (χ1) is 22.1. The van der Waals surface area contributed by atoms with Crippen molar-refractivity contribution in [3.05, 3.63) is 70.4 Å². The second kappa shape index (κ2) is 12.8. The van der Waals surface area contributed by atoms with Crippen LogP contribution < -0.4 is 19.3 Å². The average Bonchev–Trinajstić information content (AvgIpc) is 3.36. The first-order valence-electron chi connectivity index (χ1n) is 16.3. The molecule has 1 fully saturated rings. The molecule has 0 atom stereocenters. The van der Waals surface area contributed by atoms with Crippen molar-refractivity contribution in [2.24, 2.45) is 0 Å². The Morgan fingerprint density at radius 3 is 2.41 bits per heavy atom. The first kappa shape index (κ1) is 31.6. The van der Waals surface area contributed by atoms with E-state index in [1.54, 1.807) is 25.0 Å². The van der Waals surface area contributed by atoms with Crippen LogP contribution in [0.25, 0.3) is 0 Å². The molecule has 0 radical (unpaired) electrons. The minimum Gasteiger partial charge on any atom is -0.497 e. The third kappa shape index (κ3) is 6.48. The summed E-state index contributed by atoms with van der Waals surface area (Å²) in [5.74, 6) is 1.77. The summed E-state index contributed by atoms with van der Waals surface area (Å²) in [5, 5.41) is 0. The Kier molecular flexibility index (Phi) is 8.81. The first-order valence-corrected chi connectivity index (χ1v) is 16.3. The predicted molar refractivity (Wildman–Crippen MR) is 175 cm³/mol. The van der Waals surface area contributed by atoms with Gasteiger partial charge in [-0.3, -0.25) is 4.90 Å². The SMILES string of the molecule is CCOC(=O)c1ccc2c(c1)N(C(=O)OC(C)(C)C)CC21CCN(c2nc3c(c(OCc4ccc(OC)cc4)n2)CCCC3)CC1. The number of piperidine rings is 1. The minimum atomic E-state index is -0.647. The molecule has 6 rings (SSSR count). The number of aromatic nitrogens is 2. The van der Waals surface area contributed by atoms with Crippen LogP contribution in [-0.2, 0) is 34.3 Å². The number of hydrogen-bond acceptors (Lipinski definition) is 9. The van der Waals surface area contributed by atoms with Crippen molar-refractivity contribution in [2.45, 2.75) is 83.8 Å². The summed E-state index contributed by atoms with van der Waals surface area (Å²) in [4.78, 5) is 40.0. The quantitative estimate of drug-likeness (QED) is 0.275. The molecule has 1 saturated heterocycles. The highest BCUT2D eigenvalue weighted by molar-refractivity contribution is 5.96. The van der Waals surface area contributed by atoms with E-state index < -0.39 is 17.7 Å². The van der Waals surface area contributed by atoms with Crippen LogP contribution in [0, 0.1) is 0 Å². The Labute approximate surface area is 271 Å². The van der Waals surface area contributed by atoms with Gasteiger partial charge < -0.3 is 23.8 Å². The highest BCUT2D eigenvalue weighted by Gasteiger charge is 2.48. The van der Waals surface area contributed by atoms with Crippen LogP contribution in [0.5, 0.6) is 11.6 Å². The number of fused-ring (bicyclic) bond motifs is 3. The van der Waals surface area contributed by atoms with Gasteiger partial charge in [-0.15, -0.1) is 0 Å². The summed E-state index contributed by atoms with van der Waals surface area (Å²) in [7, 11) is 1.66. The molecule has 0 unspecified atom stereocenters. The Bertz CT molecular complexity index is 1590. The number of rotatable bonds is 7. The molecule has 2 aromatic carbocycles. The highest BCUT2D eigenvalue weighted by atomic mass is 16.6. The van der Waals surface area contributed by atoms with Crippen LogP contribution in [-0.4, -0.2) is 61.0 Å². The molecule has 3 aliphatic rings. The lowest BCUT2D eigenvalue weighted by Crippen LogP contribution is -2.47. The fraction of sp³-hybridized carbons (Fsp3) is 0.500. The van der Waals surface area contributed by atoms with E-state index in [2.05, 4.69) is 4.90 Å². The van der Waals surface area contributed by atoms with Crippen LogP contribution in [0.15, 0.2) is 42.5 Å². The zero-order valence-corrected chi connectivity index (χ0v) is 27.6. The van der Waals surface area contributed by atoms with Gasteiger partial charge in [0.05, 0.1) is 30.7 Å². The molecule has 0 saturated carbocycles. The fourth-order valence-corrected chi connectivity index (χ4v) is 6.74. The van der Waals surface area contributed by atoms with E-state index in [1.807, 2.05) is 57.2 Å². The van der Waals surface area contributed by atoms with Gasteiger partial charge in [0.25, 0.3) is 0 Å². The highest BCUT2D eigenvalue weighted by Crippen LogP contribution is 2.48. The number of nitrogens with zero attached hydrogens (tertiary/aromatic N) is 4. The second-order valence-electron chi connectivity index (χ2n) is 13.4. The van der Waals surface area contributed by atoms with Crippen molar-refractivity contribution in [2.75, 3.05) is 43.2 Å². The van der Waals surface area contributed by atoms with E-state index in [9.17, 15) is 9.59 Å². The van der Waals surface area contributed by atoms with Gasteiger partial charge >= 0.3 is 12.1 Å². The molecule has 1 amide bonds. The Morgan fingerprint density at radius 2 is 1.72 bits per heavy atom. The summed E-state index contributed by atoms with van der Waals surface area (Å²) < 4.78 is 22.7. The molecule has 0 N–H and O–H groups in total.